The first-order valence-electron chi connectivity index (χ1n) is 6.59. The van der Waals surface area contributed by atoms with Crippen molar-refractivity contribution in [3.63, 3.8) is 0 Å². The number of halogens is 1. The fraction of sp³-hybridized carbons (Fsp3) is 1.00. The predicted molar refractivity (Wildman–Crippen MR) is 70.8 cm³/mol. The zero-order valence-corrected chi connectivity index (χ0v) is 15.4. The third kappa shape index (κ3) is 5.42. The first kappa shape index (κ1) is 18.8. The van der Waals surface area contributed by atoms with Gasteiger partial charge in [-0.2, -0.15) is 0 Å². The average molecular weight is 389 g/mol. The SMILES string of the molecule is CO[Si](CCC[N+]1(C)CCCCC1)(OC)OC.[I-]. The van der Waals surface area contributed by atoms with Crippen LogP contribution in [0.4, 0.5) is 0 Å². The number of rotatable bonds is 7. The molecule has 6 heteroatoms. The van der Waals surface area contributed by atoms with E-state index in [0.717, 1.165) is 12.5 Å². The predicted octanol–water partition coefficient (Wildman–Crippen LogP) is -1.11. The Bertz CT molecular complexity index is 213. The van der Waals surface area contributed by atoms with E-state index in [1.807, 2.05) is 0 Å². The Hall–Kier alpha value is 0.787. The molecule has 1 saturated heterocycles. The molecule has 0 amide bonds. The third-order valence-corrected chi connectivity index (χ3v) is 6.84. The van der Waals surface area contributed by atoms with E-state index in [1.165, 1.54) is 43.4 Å². The van der Waals surface area contributed by atoms with Crippen LogP contribution in [0.3, 0.4) is 0 Å². The van der Waals surface area contributed by atoms with Gasteiger partial charge in [-0.25, -0.2) is 0 Å². The van der Waals surface area contributed by atoms with Crippen molar-refractivity contribution in [3.05, 3.63) is 0 Å². The molecule has 18 heavy (non-hydrogen) atoms. The van der Waals surface area contributed by atoms with Gasteiger partial charge in [0.05, 0.1) is 26.7 Å². The number of nitrogens with zero attached hydrogens (tertiary/aromatic N) is 1. The molecule has 1 heterocycles. The van der Waals surface area contributed by atoms with Gasteiger partial charge in [0, 0.05) is 33.8 Å². The minimum absolute atomic E-state index is 0. The van der Waals surface area contributed by atoms with Crippen molar-refractivity contribution in [1.29, 1.82) is 0 Å². The summed E-state index contributed by atoms with van der Waals surface area (Å²) >= 11 is 0. The van der Waals surface area contributed by atoms with Gasteiger partial charge in [0.2, 0.25) is 0 Å². The van der Waals surface area contributed by atoms with Gasteiger partial charge in [-0.1, -0.05) is 0 Å². The number of quaternary nitrogens is 1. The van der Waals surface area contributed by atoms with Crippen LogP contribution in [0.2, 0.25) is 6.04 Å². The molecular weight excluding hydrogens is 361 g/mol. The molecule has 1 rings (SSSR count). The Kier molecular flexibility index (Phi) is 9.25. The van der Waals surface area contributed by atoms with Crippen LogP contribution in [0.1, 0.15) is 25.7 Å². The second-order valence-corrected chi connectivity index (χ2v) is 8.34. The number of hydrogen-bond acceptors (Lipinski definition) is 3. The van der Waals surface area contributed by atoms with Crippen molar-refractivity contribution in [1.82, 2.24) is 0 Å². The first-order chi connectivity index (χ1) is 8.10. The summed E-state index contributed by atoms with van der Waals surface area (Å²) in [5, 5.41) is 0. The Morgan fingerprint density at radius 3 is 1.89 bits per heavy atom. The minimum Gasteiger partial charge on any atom is -1.00 e. The van der Waals surface area contributed by atoms with Crippen LogP contribution < -0.4 is 24.0 Å². The lowest BCUT2D eigenvalue weighted by Gasteiger charge is -2.38. The van der Waals surface area contributed by atoms with Crippen LogP contribution in [-0.4, -0.2) is 61.3 Å². The fourth-order valence-electron chi connectivity index (χ4n) is 2.73. The maximum absolute atomic E-state index is 5.45. The highest BCUT2D eigenvalue weighted by Gasteiger charge is 2.38. The van der Waals surface area contributed by atoms with E-state index >= 15 is 0 Å². The maximum atomic E-state index is 5.45. The summed E-state index contributed by atoms with van der Waals surface area (Å²) in [6.07, 6.45) is 5.27. The smallest absolute Gasteiger partial charge is 0.500 e. The second-order valence-electron chi connectivity index (χ2n) is 5.25. The molecule has 1 aliphatic rings. The lowest BCUT2D eigenvalue weighted by Crippen LogP contribution is -3.00. The molecule has 4 nitrogen and oxygen atoms in total. The molecule has 0 radical (unpaired) electrons. The summed E-state index contributed by atoms with van der Waals surface area (Å²) < 4.78 is 17.5. The van der Waals surface area contributed by atoms with Crippen molar-refractivity contribution in [2.75, 3.05) is 48.0 Å². The summed E-state index contributed by atoms with van der Waals surface area (Å²) in [4.78, 5) is 0. The lowest BCUT2D eigenvalue weighted by atomic mass is 10.1. The van der Waals surface area contributed by atoms with Gasteiger partial charge in [0.25, 0.3) is 0 Å². The van der Waals surface area contributed by atoms with E-state index < -0.39 is 8.80 Å². The van der Waals surface area contributed by atoms with E-state index in [2.05, 4.69) is 7.05 Å². The standard InChI is InChI=1S/C12H28NO3Si.HI/c1-13(9-6-5-7-10-13)11-8-12-17(14-2,15-3)16-4;/h5-12H2,1-4H3;1H/q+1;/p-1. The third-order valence-electron chi connectivity index (χ3n) is 4.01. The van der Waals surface area contributed by atoms with E-state index in [9.17, 15) is 0 Å². The summed E-state index contributed by atoms with van der Waals surface area (Å²) in [5.41, 5.74) is 0. The zero-order valence-electron chi connectivity index (χ0n) is 12.2. The van der Waals surface area contributed by atoms with Crippen LogP contribution in [0.15, 0.2) is 0 Å². The van der Waals surface area contributed by atoms with Crippen LogP contribution >= 0.6 is 0 Å². The van der Waals surface area contributed by atoms with Crippen molar-refractivity contribution in [2.24, 2.45) is 0 Å². The van der Waals surface area contributed by atoms with Crippen molar-refractivity contribution >= 4 is 8.80 Å². The maximum Gasteiger partial charge on any atom is 0.500 e. The van der Waals surface area contributed by atoms with Gasteiger partial charge in [0.1, 0.15) is 0 Å². The molecule has 0 aliphatic carbocycles. The highest BCUT2D eigenvalue weighted by atomic mass is 127. The van der Waals surface area contributed by atoms with Gasteiger partial charge in [-0.3, -0.25) is 0 Å². The molecule has 110 valence electrons. The van der Waals surface area contributed by atoms with E-state index in [-0.39, 0.29) is 24.0 Å². The number of likely N-dealkylation sites (tertiary alicyclic amines) is 1. The summed E-state index contributed by atoms with van der Waals surface area (Å²) in [6.45, 7) is 3.85. The van der Waals surface area contributed by atoms with Crippen molar-refractivity contribution in [2.45, 2.75) is 31.7 Å². The largest absolute Gasteiger partial charge is 1.00 e. The molecule has 0 N–H and O–H groups in total. The van der Waals surface area contributed by atoms with Gasteiger partial charge >= 0.3 is 8.80 Å². The Morgan fingerprint density at radius 2 is 1.44 bits per heavy atom. The Morgan fingerprint density at radius 1 is 0.944 bits per heavy atom. The average Bonchev–Trinajstić information content (AvgIpc) is 2.36. The van der Waals surface area contributed by atoms with Crippen LogP contribution in [0.25, 0.3) is 0 Å². The van der Waals surface area contributed by atoms with Crippen LogP contribution in [0.5, 0.6) is 0 Å². The molecule has 0 aromatic rings. The van der Waals surface area contributed by atoms with Crippen LogP contribution in [-0.2, 0) is 13.3 Å². The topological polar surface area (TPSA) is 27.7 Å². The molecule has 1 fully saturated rings. The molecule has 0 aromatic carbocycles. The summed E-state index contributed by atoms with van der Waals surface area (Å²) in [6, 6.07) is 0.921. The monoisotopic (exact) mass is 389 g/mol. The second kappa shape index (κ2) is 8.86. The normalized spacial score (nSPS) is 19.3. The van der Waals surface area contributed by atoms with E-state index in [0.29, 0.717) is 0 Å². The van der Waals surface area contributed by atoms with Gasteiger partial charge in [-0.05, 0) is 19.3 Å². The molecule has 0 spiro atoms. The molecule has 0 bridgehead atoms. The minimum atomic E-state index is -2.34. The Balaban J connectivity index is 0.00000289. The van der Waals surface area contributed by atoms with Crippen LogP contribution in [0, 0.1) is 0 Å². The first-order valence-corrected chi connectivity index (χ1v) is 8.52. The lowest BCUT2D eigenvalue weighted by molar-refractivity contribution is -0.914. The van der Waals surface area contributed by atoms with Crippen molar-refractivity contribution < 1.29 is 41.7 Å². The highest BCUT2D eigenvalue weighted by Crippen LogP contribution is 2.20. The fourth-order valence-corrected chi connectivity index (χ4v) is 4.44. The number of piperidine rings is 1. The Labute approximate surface area is 130 Å². The molecule has 0 saturated carbocycles. The molecule has 0 aromatic heterocycles. The summed E-state index contributed by atoms with van der Waals surface area (Å²) in [5.74, 6) is 0. The highest BCUT2D eigenvalue weighted by molar-refractivity contribution is 6.60. The van der Waals surface area contributed by atoms with Gasteiger partial charge in [-0.15, -0.1) is 0 Å². The summed E-state index contributed by atoms with van der Waals surface area (Å²) in [7, 11) is 5.10. The van der Waals surface area contributed by atoms with E-state index in [1.54, 1.807) is 21.3 Å². The van der Waals surface area contributed by atoms with Gasteiger partial charge < -0.3 is 41.7 Å². The zero-order chi connectivity index (χ0) is 12.8. The quantitative estimate of drug-likeness (QED) is 0.314. The molecule has 1 aliphatic heterocycles. The molecular formula is C12H28INO3Si. The van der Waals surface area contributed by atoms with Gasteiger partial charge in [0.15, 0.2) is 0 Å². The molecule has 0 atom stereocenters. The van der Waals surface area contributed by atoms with Crippen molar-refractivity contribution in [3.8, 4) is 0 Å². The molecule has 0 unspecified atom stereocenters. The van der Waals surface area contributed by atoms with E-state index in [4.69, 9.17) is 13.3 Å². The number of hydrogen-bond donors (Lipinski definition) is 0.